The minimum absolute atomic E-state index is 0.0106. The van der Waals surface area contributed by atoms with Crippen LogP contribution in [0, 0.1) is 10.1 Å². The molecule has 2 aromatic rings. The Hall–Kier alpha value is -1.84. The fourth-order valence-electron chi connectivity index (χ4n) is 2.55. The third-order valence-electron chi connectivity index (χ3n) is 3.83. The van der Waals surface area contributed by atoms with E-state index in [2.05, 4.69) is 10.2 Å². The molecule has 2 atom stereocenters. The first-order valence-corrected chi connectivity index (χ1v) is 8.65. The van der Waals surface area contributed by atoms with Crippen LogP contribution in [0.25, 0.3) is 0 Å². The molecule has 0 bridgehead atoms. The Morgan fingerprint density at radius 2 is 2.28 bits per heavy atom. The number of ether oxygens (including phenoxy) is 2. The van der Waals surface area contributed by atoms with Gasteiger partial charge in [0.25, 0.3) is 0 Å². The van der Waals surface area contributed by atoms with Gasteiger partial charge in [-0.15, -0.1) is 5.10 Å². The van der Waals surface area contributed by atoms with Crippen LogP contribution in [-0.2, 0) is 11.3 Å². The summed E-state index contributed by atoms with van der Waals surface area (Å²) in [6, 6.07) is 1.60. The zero-order chi connectivity index (χ0) is 17.8. The average Bonchev–Trinajstić information content (AvgIpc) is 3.19. The molecule has 1 aliphatic heterocycles. The molecule has 3 heterocycles. The van der Waals surface area contributed by atoms with Crippen molar-refractivity contribution in [3.05, 3.63) is 33.7 Å². The Balaban J connectivity index is 1.58. The van der Waals surface area contributed by atoms with Crippen molar-refractivity contribution in [1.29, 1.82) is 0 Å². The maximum atomic E-state index is 11.2. The van der Waals surface area contributed by atoms with Crippen molar-refractivity contribution in [3.8, 4) is 5.88 Å². The van der Waals surface area contributed by atoms with Crippen LogP contribution < -0.4 is 4.74 Å². The van der Waals surface area contributed by atoms with Crippen molar-refractivity contribution in [3.63, 3.8) is 0 Å². The number of nitro groups is 1. The second-order valence-corrected chi connectivity index (χ2v) is 6.51. The Morgan fingerprint density at radius 3 is 2.92 bits per heavy atom. The summed E-state index contributed by atoms with van der Waals surface area (Å²) in [6.45, 7) is 1.24. The van der Waals surface area contributed by atoms with Gasteiger partial charge in [0.1, 0.15) is 11.8 Å². The summed E-state index contributed by atoms with van der Waals surface area (Å²) >= 11 is 11.6. The smallest absolute Gasteiger partial charge is 0.350 e. The first-order valence-electron chi connectivity index (χ1n) is 7.84. The molecule has 0 radical (unpaired) electrons. The van der Waals surface area contributed by atoms with Crippen LogP contribution >= 0.6 is 23.2 Å². The highest BCUT2D eigenvalue weighted by Gasteiger charge is 2.27. The van der Waals surface area contributed by atoms with E-state index >= 15 is 0 Å². The normalized spacial score (nSPS) is 20.6. The maximum Gasteiger partial charge on any atom is 0.350 e. The van der Waals surface area contributed by atoms with Gasteiger partial charge >= 0.3 is 11.6 Å². The summed E-state index contributed by atoms with van der Waals surface area (Å²) in [7, 11) is 0. The zero-order valence-electron chi connectivity index (χ0n) is 13.3. The van der Waals surface area contributed by atoms with E-state index in [1.54, 1.807) is 16.9 Å². The lowest BCUT2D eigenvalue weighted by atomic mass is 10.1. The fourth-order valence-corrected chi connectivity index (χ4v) is 2.90. The second-order valence-electron chi connectivity index (χ2n) is 5.63. The highest BCUT2D eigenvalue weighted by molar-refractivity contribution is 6.29. The molecule has 1 fully saturated rings. The number of halogens is 2. The molecule has 1 saturated heterocycles. The zero-order valence-corrected chi connectivity index (χ0v) is 14.8. The van der Waals surface area contributed by atoms with E-state index in [1.165, 1.54) is 10.9 Å². The topological polar surface area (TPSA) is 97.2 Å². The summed E-state index contributed by atoms with van der Waals surface area (Å²) in [5.41, 5.74) is -0.469. The Bertz CT molecular complexity index is 727. The molecular weight excluding hydrogens is 373 g/mol. The van der Waals surface area contributed by atoms with E-state index < -0.39 is 4.92 Å². The van der Waals surface area contributed by atoms with Crippen molar-refractivity contribution in [2.45, 2.75) is 37.4 Å². The molecule has 25 heavy (non-hydrogen) atoms. The number of aromatic nitrogens is 4. The first kappa shape index (κ1) is 18.0. The van der Waals surface area contributed by atoms with Gasteiger partial charge in [0, 0.05) is 19.2 Å². The molecule has 0 amide bonds. The lowest BCUT2D eigenvalue weighted by molar-refractivity contribution is -0.386. The SMILES string of the molecule is O=[N+]([O-])c1cn(C2CCC(Cl)OC2)nc1OCCCn1ccc(Cl)n1. The number of rotatable bonds is 7. The highest BCUT2D eigenvalue weighted by atomic mass is 35.5. The van der Waals surface area contributed by atoms with E-state index in [9.17, 15) is 10.1 Å². The predicted octanol–water partition coefficient (Wildman–Crippen LogP) is 3.03. The van der Waals surface area contributed by atoms with Crippen LogP contribution in [0.5, 0.6) is 5.88 Å². The van der Waals surface area contributed by atoms with E-state index in [1.807, 2.05) is 0 Å². The average molecular weight is 390 g/mol. The quantitative estimate of drug-likeness (QED) is 0.312. The molecule has 2 aromatic heterocycles. The third-order valence-corrected chi connectivity index (χ3v) is 4.37. The van der Waals surface area contributed by atoms with Gasteiger partial charge in [-0.25, -0.2) is 0 Å². The molecule has 0 spiro atoms. The van der Waals surface area contributed by atoms with Gasteiger partial charge in [-0.1, -0.05) is 23.2 Å². The van der Waals surface area contributed by atoms with Gasteiger partial charge in [-0.05, 0) is 18.9 Å². The van der Waals surface area contributed by atoms with Crippen molar-refractivity contribution in [1.82, 2.24) is 19.6 Å². The van der Waals surface area contributed by atoms with Crippen molar-refractivity contribution in [2.75, 3.05) is 13.2 Å². The van der Waals surface area contributed by atoms with Gasteiger partial charge in [0.05, 0.1) is 24.2 Å². The largest absolute Gasteiger partial charge is 0.472 e. The number of nitrogens with zero attached hydrogens (tertiary/aromatic N) is 5. The number of hydrogen-bond donors (Lipinski definition) is 0. The first-order chi connectivity index (χ1) is 12.0. The van der Waals surface area contributed by atoms with Crippen LogP contribution in [0.3, 0.4) is 0 Å². The Labute approximate surface area is 153 Å². The van der Waals surface area contributed by atoms with Gasteiger partial charge < -0.3 is 9.47 Å². The molecule has 1 aliphatic rings. The molecule has 0 N–H and O–H groups in total. The summed E-state index contributed by atoms with van der Waals surface area (Å²) in [6.07, 6.45) is 5.16. The van der Waals surface area contributed by atoms with E-state index in [-0.39, 0.29) is 29.8 Å². The minimum atomic E-state index is -0.500. The lowest BCUT2D eigenvalue weighted by Crippen LogP contribution is -2.25. The van der Waals surface area contributed by atoms with Gasteiger partial charge in [-0.3, -0.25) is 19.5 Å². The standard InChI is InChI=1S/C14H17Cl2N5O4/c15-12-4-6-19(17-12)5-1-7-24-14-11(21(22)23)8-20(18-14)10-2-3-13(16)25-9-10/h4,6,8,10,13H,1-3,5,7,9H2. The molecule has 11 heteroatoms. The molecular formula is C14H17Cl2N5O4. The fraction of sp³-hybridized carbons (Fsp3) is 0.571. The Morgan fingerprint density at radius 1 is 1.44 bits per heavy atom. The summed E-state index contributed by atoms with van der Waals surface area (Å²) in [4.78, 5) is 10.7. The molecule has 2 unspecified atom stereocenters. The molecule has 0 saturated carbocycles. The monoisotopic (exact) mass is 389 g/mol. The molecule has 0 aliphatic carbocycles. The van der Waals surface area contributed by atoms with Crippen molar-refractivity contribution < 1.29 is 14.4 Å². The van der Waals surface area contributed by atoms with Crippen LogP contribution in [0.4, 0.5) is 5.69 Å². The third kappa shape index (κ3) is 4.62. The van der Waals surface area contributed by atoms with Crippen LogP contribution in [0.15, 0.2) is 18.5 Å². The predicted molar refractivity (Wildman–Crippen MR) is 90.1 cm³/mol. The van der Waals surface area contributed by atoms with Gasteiger partial charge in [-0.2, -0.15) is 5.10 Å². The molecule has 9 nitrogen and oxygen atoms in total. The number of alkyl halides is 1. The highest BCUT2D eigenvalue weighted by Crippen LogP contribution is 2.30. The van der Waals surface area contributed by atoms with Crippen LogP contribution in [-0.4, -0.2) is 43.3 Å². The van der Waals surface area contributed by atoms with Crippen molar-refractivity contribution in [2.24, 2.45) is 0 Å². The Kier molecular flexibility index (Phi) is 5.77. The van der Waals surface area contributed by atoms with Crippen LogP contribution in [0.2, 0.25) is 5.15 Å². The van der Waals surface area contributed by atoms with Crippen molar-refractivity contribution >= 4 is 28.9 Å². The molecule has 3 rings (SSSR count). The second kappa shape index (κ2) is 8.03. The summed E-state index contributed by atoms with van der Waals surface area (Å²) in [5, 5.41) is 19.9. The molecule has 0 aromatic carbocycles. The van der Waals surface area contributed by atoms with Gasteiger partial charge in [0.2, 0.25) is 0 Å². The summed E-state index contributed by atoms with van der Waals surface area (Å²) in [5.74, 6) is 0.0106. The lowest BCUT2D eigenvalue weighted by Gasteiger charge is -2.25. The van der Waals surface area contributed by atoms with Gasteiger partial charge in [0.15, 0.2) is 5.15 Å². The van der Waals surface area contributed by atoms with E-state index in [0.29, 0.717) is 31.1 Å². The number of aryl methyl sites for hydroxylation is 1. The molecule has 136 valence electrons. The minimum Gasteiger partial charge on any atom is -0.472 e. The maximum absolute atomic E-state index is 11.2. The van der Waals surface area contributed by atoms with E-state index in [4.69, 9.17) is 32.7 Å². The number of hydrogen-bond acceptors (Lipinski definition) is 6. The van der Waals surface area contributed by atoms with E-state index in [0.717, 1.165) is 6.42 Å². The van der Waals surface area contributed by atoms with Crippen LogP contribution in [0.1, 0.15) is 25.3 Å². The summed E-state index contributed by atoms with van der Waals surface area (Å²) < 4.78 is 14.1.